The number of rotatable bonds is 1. The summed E-state index contributed by atoms with van der Waals surface area (Å²) in [5, 5.41) is 0. The number of hydrogen-bond acceptors (Lipinski definition) is 2. The zero-order valence-corrected chi connectivity index (χ0v) is 4.02. The van der Waals surface area contributed by atoms with Crippen LogP contribution in [0, 0.1) is 0 Å². The van der Waals surface area contributed by atoms with Gasteiger partial charge in [0.25, 0.3) is 0 Å². The SMILES string of the molecule is CCOC(C)=O.[SiH4]. The molecule has 0 amide bonds. The van der Waals surface area contributed by atoms with Crippen molar-refractivity contribution in [1.82, 2.24) is 0 Å². The van der Waals surface area contributed by atoms with E-state index in [1.54, 1.807) is 6.92 Å². The van der Waals surface area contributed by atoms with Crippen LogP contribution in [0.5, 0.6) is 0 Å². The van der Waals surface area contributed by atoms with Gasteiger partial charge in [0, 0.05) is 6.92 Å². The van der Waals surface area contributed by atoms with Crippen LogP contribution in [0.25, 0.3) is 0 Å². The number of esters is 1. The molecule has 0 aliphatic rings. The van der Waals surface area contributed by atoms with Crippen LogP contribution >= 0.6 is 0 Å². The molecule has 0 saturated heterocycles. The van der Waals surface area contributed by atoms with Crippen molar-refractivity contribution in [2.75, 3.05) is 6.61 Å². The van der Waals surface area contributed by atoms with E-state index in [0.717, 1.165) is 0 Å². The fourth-order valence-electron chi connectivity index (χ4n) is 0.203. The molecule has 0 spiro atoms. The Hall–Kier alpha value is -0.313. The van der Waals surface area contributed by atoms with Crippen molar-refractivity contribution < 1.29 is 9.53 Å². The van der Waals surface area contributed by atoms with E-state index in [2.05, 4.69) is 4.74 Å². The van der Waals surface area contributed by atoms with Crippen molar-refractivity contribution >= 4 is 16.9 Å². The van der Waals surface area contributed by atoms with E-state index >= 15 is 0 Å². The van der Waals surface area contributed by atoms with Crippen molar-refractivity contribution in [3.63, 3.8) is 0 Å². The first kappa shape index (κ1) is 9.84. The van der Waals surface area contributed by atoms with Crippen LogP contribution in [0.1, 0.15) is 13.8 Å². The van der Waals surface area contributed by atoms with Crippen LogP contribution in [0.4, 0.5) is 0 Å². The highest BCUT2D eigenvalue weighted by Gasteiger charge is 1.81. The Bertz CT molecular complexity index is 53.7. The van der Waals surface area contributed by atoms with Gasteiger partial charge < -0.3 is 4.74 Å². The molecule has 0 N–H and O–H groups in total. The number of carbonyl (C=O) groups is 1. The van der Waals surface area contributed by atoms with Crippen LogP contribution in [0.3, 0.4) is 0 Å². The molecule has 0 aromatic heterocycles. The second-order valence-corrected chi connectivity index (χ2v) is 0.925. The van der Waals surface area contributed by atoms with Gasteiger partial charge in [-0.25, -0.2) is 0 Å². The Morgan fingerprint density at radius 2 is 2.14 bits per heavy atom. The minimum atomic E-state index is -0.211. The lowest BCUT2D eigenvalue weighted by Crippen LogP contribution is -1.95. The molecule has 0 rings (SSSR count). The molecule has 3 heteroatoms. The summed E-state index contributed by atoms with van der Waals surface area (Å²) in [6.45, 7) is 3.65. The Labute approximate surface area is 47.9 Å². The normalized spacial score (nSPS) is 6.57. The smallest absolute Gasteiger partial charge is 0.302 e. The Morgan fingerprint density at radius 3 is 2.14 bits per heavy atom. The lowest BCUT2D eigenvalue weighted by Gasteiger charge is -1.89. The van der Waals surface area contributed by atoms with Gasteiger partial charge in [0.15, 0.2) is 0 Å². The minimum absolute atomic E-state index is 0. The zero-order valence-electron chi connectivity index (χ0n) is 4.02. The largest absolute Gasteiger partial charge is 0.466 e. The molecule has 0 aromatic rings. The summed E-state index contributed by atoms with van der Waals surface area (Å²) in [6, 6.07) is 0. The van der Waals surface area contributed by atoms with Gasteiger partial charge in [0.05, 0.1) is 6.61 Å². The lowest BCUT2D eigenvalue weighted by atomic mass is 10.8. The minimum Gasteiger partial charge on any atom is -0.466 e. The van der Waals surface area contributed by atoms with Crippen LogP contribution < -0.4 is 0 Å². The van der Waals surface area contributed by atoms with Crippen LogP contribution in [-0.4, -0.2) is 23.5 Å². The first-order valence-electron chi connectivity index (χ1n) is 1.90. The molecule has 0 fully saturated rings. The van der Waals surface area contributed by atoms with E-state index in [-0.39, 0.29) is 16.9 Å². The van der Waals surface area contributed by atoms with E-state index in [4.69, 9.17) is 0 Å². The maximum atomic E-state index is 9.82. The molecule has 44 valence electrons. The van der Waals surface area contributed by atoms with Gasteiger partial charge in [0.2, 0.25) is 0 Å². The predicted molar refractivity (Wildman–Crippen MR) is 33.6 cm³/mol. The molecule has 0 bridgehead atoms. The van der Waals surface area contributed by atoms with Crippen molar-refractivity contribution in [2.24, 2.45) is 0 Å². The molecule has 0 atom stereocenters. The average molecular weight is 120 g/mol. The van der Waals surface area contributed by atoms with E-state index in [0.29, 0.717) is 6.61 Å². The average Bonchev–Trinajstić information content (AvgIpc) is 1.35. The van der Waals surface area contributed by atoms with Gasteiger partial charge in [-0.3, -0.25) is 4.79 Å². The van der Waals surface area contributed by atoms with Gasteiger partial charge in [-0.2, -0.15) is 0 Å². The van der Waals surface area contributed by atoms with E-state index in [1.165, 1.54) is 6.92 Å². The first-order chi connectivity index (χ1) is 2.77. The third kappa shape index (κ3) is 10.7. The molecule has 7 heavy (non-hydrogen) atoms. The maximum Gasteiger partial charge on any atom is 0.302 e. The summed E-state index contributed by atoms with van der Waals surface area (Å²) < 4.78 is 4.40. The summed E-state index contributed by atoms with van der Waals surface area (Å²) in [5.74, 6) is -0.211. The van der Waals surface area contributed by atoms with Gasteiger partial charge in [-0.15, -0.1) is 0 Å². The van der Waals surface area contributed by atoms with Crippen molar-refractivity contribution in [2.45, 2.75) is 13.8 Å². The number of ether oxygens (including phenoxy) is 1. The fourth-order valence-corrected chi connectivity index (χ4v) is 0.203. The van der Waals surface area contributed by atoms with Gasteiger partial charge in [0.1, 0.15) is 0 Å². The predicted octanol–water partition coefficient (Wildman–Crippen LogP) is -0.882. The second kappa shape index (κ2) is 5.69. The molecule has 0 unspecified atom stereocenters. The second-order valence-electron chi connectivity index (χ2n) is 0.925. The highest BCUT2D eigenvalue weighted by molar-refractivity contribution is 5.75. The monoisotopic (exact) mass is 120 g/mol. The van der Waals surface area contributed by atoms with E-state index in [1.807, 2.05) is 0 Å². The summed E-state index contributed by atoms with van der Waals surface area (Å²) in [6.07, 6.45) is 0. The van der Waals surface area contributed by atoms with E-state index < -0.39 is 0 Å². The Kier molecular flexibility index (Phi) is 8.00. The quantitative estimate of drug-likeness (QED) is 0.332. The molecule has 0 aromatic carbocycles. The van der Waals surface area contributed by atoms with Gasteiger partial charge in [-0.05, 0) is 17.9 Å². The van der Waals surface area contributed by atoms with Crippen molar-refractivity contribution in [1.29, 1.82) is 0 Å². The summed E-state index contributed by atoms with van der Waals surface area (Å²) in [5.41, 5.74) is 0. The molecule has 0 aliphatic heterocycles. The summed E-state index contributed by atoms with van der Waals surface area (Å²) >= 11 is 0. The van der Waals surface area contributed by atoms with Crippen molar-refractivity contribution in [3.05, 3.63) is 0 Å². The molecule has 2 nitrogen and oxygen atoms in total. The third-order valence-electron chi connectivity index (χ3n) is 0.348. The van der Waals surface area contributed by atoms with Crippen LogP contribution in [0.2, 0.25) is 0 Å². The molecule has 0 heterocycles. The summed E-state index contributed by atoms with van der Waals surface area (Å²) in [4.78, 5) is 9.82. The number of hydrogen-bond donors (Lipinski definition) is 0. The topological polar surface area (TPSA) is 26.3 Å². The maximum absolute atomic E-state index is 9.82. The van der Waals surface area contributed by atoms with Crippen molar-refractivity contribution in [3.8, 4) is 0 Å². The Balaban J connectivity index is 0. The molecule has 0 aliphatic carbocycles. The van der Waals surface area contributed by atoms with Crippen LogP contribution in [-0.2, 0) is 9.53 Å². The molecular weight excluding hydrogens is 108 g/mol. The molecule has 0 radical (unpaired) electrons. The molecular formula is C4H12O2Si. The number of carbonyl (C=O) groups excluding carboxylic acids is 1. The lowest BCUT2D eigenvalue weighted by molar-refractivity contribution is -0.140. The fraction of sp³-hybridized carbons (Fsp3) is 0.750. The standard InChI is InChI=1S/C4H8O2.H4Si/c1-3-6-4(2)5;/h3H2,1-2H3;1H4. The Morgan fingerprint density at radius 1 is 1.71 bits per heavy atom. The zero-order chi connectivity index (χ0) is 4.99. The highest BCUT2D eigenvalue weighted by Crippen LogP contribution is 1.69. The first-order valence-corrected chi connectivity index (χ1v) is 1.90. The van der Waals surface area contributed by atoms with Crippen LogP contribution in [0.15, 0.2) is 0 Å². The van der Waals surface area contributed by atoms with Gasteiger partial charge >= 0.3 is 5.97 Å². The highest BCUT2D eigenvalue weighted by atomic mass is 28.1. The summed E-state index contributed by atoms with van der Waals surface area (Å²) in [7, 11) is 0. The molecule has 0 saturated carbocycles. The third-order valence-corrected chi connectivity index (χ3v) is 0.348. The van der Waals surface area contributed by atoms with E-state index in [9.17, 15) is 4.79 Å². The van der Waals surface area contributed by atoms with Gasteiger partial charge in [-0.1, -0.05) is 0 Å².